The van der Waals surface area contributed by atoms with E-state index < -0.39 is 17.9 Å². The third kappa shape index (κ3) is 3.70. The largest absolute Gasteiger partial charge is 0.243 e. The molecule has 1 saturated heterocycles. The molecule has 1 heterocycles. The Morgan fingerprint density at radius 2 is 1.15 bits per heavy atom. The Labute approximate surface area is 162 Å². The Kier molecular flexibility index (Phi) is 5.40. The van der Waals surface area contributed by atoms with Gasteiger partial charge < -0.3 is 0 Å². The average molecular weight is 395 g/mol. The third-order valence-electron chi connectivity index (χ3n) is 4.82. The van der Waals surface area contributed by atoms with E-state index in [1.165, 1.54) is 0 Å². The van der Waals surface area contributed by atoms with Crippen molar-refractivity contribution in [2.45, 2.75) is 17.7 Å². The highest BCUT2D eigenvalue weighted by atomic mass is 32.2. The molecule has 0 radical (unpaired) electrons. The minimum Gasteiger partial charge on any atom is -0.207 e. The third-order valence-corrected chi connectivity index (χ3v) is 9.43. The van der Waals surface area contributed by atoms with Crippen LogP contribution in [0.15, 0.2) is 89.8 Å². The number of nitrogens with zero attached hydrogens (tertiary/aromatic N) is 1. The summed E-state index contributed by atoms with van der Waals surface area (Å²) in [6, 6.07) is 28.0. The number of rotatable bonds is 5. The molecule has 0 bridgehead atoms. The molecule has 1 fully saturated rings. The topological polar surface area (TPSA) is 37.4 Å². The van der Waals surface area contributed by atoms with Gasteiger partial charge in [0.25, 0.3) is 0 Å². The summed E-state index contributed by atoms with van der Waals surface area (Å²) in [6.07, 6.45) is 1.88. The van der Waals surface area contributed by atoms with Crippen LogP contribution in [0.4, 0.5) is 0 Å². The first-order valence-electron chi connectivity index (χ1n) is 9.17. The summed E-state index contributed by atoms with van der Waals surface area (Å²) >= 11 is 0. The maximum Gasteiger partial charge on any atom is 0.243 e. The molecule has 0 spiro atoms. The van der Waals surface area contributed by atoms with E-state index in [0.717, 1.165) is 28.8 Å². The van der Waals surface area contributed by atoms with Crippen molar-refractivity contribution in [3.63, 3.8) is 0 Å². The molecule has 3 aromatic carbocycles. The van der Waals surface area contributed by atoms with Crippen LogP contribution in [-0.4, -0.2) is 25.8 Å². The first-order valence-corrected chi connectivity index (χ1v) is 12.0. The molecule has 0 aromatic heterocycles. The van der Waals surface area contributed by atoms with Crippen molar-refractivity contribution in [1.29, 1.82) is 0 Å². The predicted octanol–water partition coefficient (Wildman–Crippen LogP) is 3.23. The Morgan fingerprint density at radius 1 is 0.667 bits per heavy atom. The van der Waals surface area contributed by atoms with Crippen molar-refractivity contribution < 1.29 is 8.42 Å². The first-order chi connectivity index (χ1) is 13.2. The standard InChI is InChI=1S/C22H22NO2PS/c24-27(25,23-17-9-10-18-23)22-16-8-7-15-21(22)26(19-11-3-1-4-12-19)20-13-5-2-6-14-20/h1-8,11-16H,9-10,17-18H2. The Bertz CT molecular complexity index is 961. The average Bonchev–Trinajstić information content (AvgIpc) is 3.26. The van der Waals surface area contributed by atoms with E-state index in [1.807, 2.05) is 54.6 Å². The molecule has 0 N–H and O–H groups in total. The molecule has 0 aliphatic carbocycles. The highest BCUT2D eigenvalue weighted by molar-refractivity contribution is 7.90. The molecule has 5 heteroatoms. The van der Waals surface area contributed by atoms with Crippen LogP contribution in [0.25, 0.3) is 0 Å². The highest BCUT2D eigenvalue weighted by Crippen LogP contribution is 2.36. The smallest absolute Gasteiger partial charge is 0.207 e. The molecule has 138 valence electrons. The second-order valence-electron chi connectivity index (χ2n) is 6.59. The molecule has 4 rings (SSSR count). The molecule has 0 saturated carbocycles. The van der Waals surface area contributed by atoms with Crippen LogP contribution in [0, 0.1) is 0 Å². The van der Waals surface area contributed by atoms with Crippen molar-refractivity contribution in [3.8, 4) is 0 Å². The fraction of sp³-hybridized carbons (Fsp3) is 0.182. The molecular formula is C22H22NO2PS. The van der Waals surface area contributed by atoms with Crippen LogP contribution in [-0.2, 0) is 10.0 Å². The fourth-order valence-electron chi connectivity index (χ4n) is 3.51. The van der Waals surface area contributed by atoms with E-state index in [0.29, 0.717) is 18.0 Å². The zero-order chi connectivity index (χ0) is 18.7. The predicted molar refractivity (Wildman–Crippen MR) is 113 cm³/mol. The summed E-state index contributed by atoms with van der Waals surface area (Å²) in [7, 11) is -4.43. The zero-order valence-electron chi connectivity index (χ0n) is 15.0. The van der Waals surface area contributed by atoms with Gasteiger partial charge in [0, 0.05) is 18.4 Å². The van der Waals surface area contributed by atoms with Gasteiger partial charge in [-0.1, -0.05) is 78.9 Å². The Morgan fingerprint density at radius 3 is 1.70 bits per heavy atom. The summed E-state index contributed by atoms with van der Waals surface area (Å²) in [5.74, 6) is 0. The van der Waals surface area contributed by atoms with Crippen LogP contribution in [0.5, 0.6) is 0 Å². The van der Waals surface area contributed by atoms with Crippen LogP contribution in [0.1, 0.15) is 12.8 Å². The van der Waals surface area contributed by atoms with E-state index in [2.05, 4.69) is 24.3 Å². The lowest BCUT2D eigenvalue weighted by molar-refractivity contribution is 0.478. The first kappa shape index (κ1) is 18.4. The van der Waals surface area contributed by atoms with Crippen LogP contribution >= 0.6 is 7.92 Å². The minimum atomic E-state index is -3.48. The van der Waals surface area contributed by atoms with Crippen molar-refractivity contribution in [2.24, 2.45) is 0 Å². The Balaban J connectivity index is 1.89. The molecule has 0 atom stereocenters. The zero-order valence-corrected chi connectivity index (χ0v) is 16.7. The van der Waals surface area contributed by atoms with Gasteiger partial charge in [-0.15, -0.1) is 0 Å². The van der Waals surface area contributed by atoms with Gasteiger partial charge in [-0.2, -0.15) is 4.31 Å². The van der Waals surface area contributed by atoms with Gasteiger partial charge in [0.15, 0.2) is 0 Å². The van der Waals surface area contributed by atoms with Crippen molar-refractivity contribution in [3.05, 3.63) is 84.9 Å². The SMILES string of the molecule is O=S(=O)(c1ccccc1P(c1ccccc1)c1ccccc1)N1CCCC1. The second-order valence-corrected chi connectivity index (χ2v) is 10.7. The van der Waals surface area contributed by atoms with Gasteiger partial charge in [-0.05, 0) is 37.4 Å². The van der Waals surface area contributed by atoms with E-state index >= 15 is 0 Å². The molecule has 27 heavy (non-hydrogen) atoms. The molecule has 1 aliphatic heterocycles. The van der Waals surface area contributed by atoms with Gasteiger partial charge in [0.2, 0.25) is 10.0 Å². The minimum absolute atomic E-state index is 0.450. The van der Waals surface area contributed by atoms with Gasteiger partial charge in [0.05, 0.1) is 4.90 Å². The lowest BCUT2D eigenvalue weighted by Crippen LogP contribution is -2.33. The van der Waals surface area contributed by atoms with Crippen LogP contribution in [0.2, 0.25) is 0 Å². The lowest BCUT2D eigenvalue weighted by atomic mass is 10.3. The maximum absolute atomic E-state index is 13.4. The van der Waals surface area contributed by atoms with E-state index in [-0.39, 0.29) is 0 Å². The number of benzene rings is 3. The van der Waals surface area contributed by atoms with Gasteiger partial charge in [-0.25, -0.2) is 8.42 Å². The normalized spacial score (nSPS) is 15.3. The summed E-state index contributed by atoms with van der Waals surface area (Å²) in [6.45, 7) is 1.23. The Hall–Kier alpha value is -2.00. The summed E-state index contributed by atoms with van der Waals surface area (Å²) < 4.78 is 28.4. The summed E-state index contributed by atoms with van der Waals surface area (Å²) in [5, 5.41) is 3.21. The van der Waals surface area contributed by atoms with Crippen molar-refractivity contribution in [2.75, 3.05) is 13.1 Å². The maximum atomic E-state index is 13.4. The van der Waals surface area contributed by atoms with Crippen LogP contribution < -0.4 is 15.9 Å². The second kappa shape index (κ2) is 7.93. The number of sulfonamides is 1. The number of hydrogen-bond acceptors (Lipinski definition) is 2. The van der Waals surface area contributed by atoms with Crippen LogP contribution in [0.3, 0.4) is 0 Å². The quantitative estimate of drug-likeness (QED) is 0.622. The molecule has 3 aromatic rings. The van der Waals surface area contributed by atoms with E-state index in [1.54, 1.807) is 10.4 Å². The van der Waals surface area contributed by atoms with Crippen molar-refractivity contribution >= 4 is 33.9 Å². The van der Waals surface area contributed by atoms with Gasteiger partial charge >= 0.3 is 0 Å². The molecule has 1 aliphatic rings. The van der Waals surface area contributed by atoms with Gasteiger partial charge in [-0.3, -0.25) is 0 Å². The number of hydrogen-bond donors (Lipinski definition) is 0. The van der Waals surface area contributed by atoms with E-state index in [4.69, 9.17) is 0 Å². The lowest BCUT2D eigenvalue weighted by Gasteiger charge is -2.24. The molecule has 0 amide bonds. The summed E-state index contributed by atoms with van der Waals surface area (Å²) in [5.41, 5.74) is 0. The fourth-order valence-corrected chi connectivity index (χ4v) is 8.05. The van der Waals surface area contributed by atoms with Crippen molar-refractivity contribution in [1.82, 2.24) is 4.31 Å². The monoisotopic (exact) mass is 395 g/mol. The molecule has 3 nitrogen and oxygen atoms in total. The summed E-state index contributed by atoms with van der Waals surface area (Å²) in [4.78, 5) is 0.450. The molecular weight excluding hydrogens is 373 g/mol. The van der Waals surface area contributed by atoms with Gasteiger partial charge in [0.1, 0.15) is 0 Å². The highest BCUT2D eigenvalue weighted by Gasteiger charge is 2.31. The molecule has 0 unspecified atom stereocenters. The van der Waals surface area contributed by atoms with E-state index in [9.17, 15) is 8.42 Å².